The fourth-order valence-electron chi connectivity index (χ4n) is 3.52. The first-order valence-corrected chi connectivity index (χ1v) is 9.00. The molecular formula is C22H16FN3O3. The lowest BCUT2D eigenvalue weighted by atomic mass is 9.88. The van der Waals surface area contributed by atoms with E-state index in [1.54, 1.807) is 48.9 Å². The predicted octanol–water partition coefficient (Wildman–Crippen LogP) is 2.77. The molecule has 1 fully saturated rings. The van der Waals surface area contributed by atoms with Crippen LogP contribution in [0, 0.1) is 11.7 Å². The Balaban J connectivity index is 1.76. The zero-order valence-corrected chi connectivity index (χ0v) is 15.2. The molecule has 7 heteroatoms. The van der Waals surface area contributed by atoms with Crippen LogP contribution in [0.5, 0.6) is 0 Å². The smallest absolute Gasteiger partial charge is 0.291 e. The molecule has 6 nitrogen and oxygen atoms in total. The van der Waals surface area contributed by atoms with Crippen molar-refractivity contribution in [2.45, 2.75) is 12.6 Å². The summed E-state index contributed by atoms with van der Waals surface area (Å²) in [6, 6.07) is 12.7. The Labute approximate surface area is 166 Å². The van der Waals surface area contributed by atoms with Crippen molar-refractivity contribution in [1.82, 2.24) is 14.9 Å². The van der Waals surface area contributed by atoms with Crippen LogP contribution in [0.3, 0.4) is 0 Å². The molecule has 1 aliphatic heterocycles. The molecule has 0 N–H and O–H groups in total. The van der Waals surface area contributed by atoms with Crippen LogP contribution in [-0.2, 0) is 16.1 Å². The summed E-state index contributed by atoms with van der Waals surface area (Å²) in [6.45, 7) is 0.118. The van der Waals surface area contributed by atoms with Crippen LogP contribution in [0.15, 0.2) is 73.2 Å². The van der Waals surface area contributed by atoms with Gasteiger partial charge < -0.3 is 4.90 Å². The molecule has 0 bridgehead atoms. The zero-order valence-electron chi connectivity index (χ0n) is 15.2. The van der Waals surface area contributed by atoms with E-state index in [0.29, 0.717) is 5.69 Å². The number of Topliss-reactive ketones (excluding diaryl/α,β-unsaturated/α-hetero) is 2. The van der Waals surface area contributed by atoms with E-state index in [-0.39, 0.29) is 12.1 Å². The number of pyridine rings is 2. The van der Waals surface area contributed by atoms with Crippen LogP contribution < -0.4 is 0 Å². The topological polar surface area (TPSA) is 80.2 Å². The van der Waals surface area contributed by atoms with Gasteiger partial charge in [0.05, 0.1) is 11.7 Å². The summed E-state index contributed by atoms with van der Waals surface area (Å²) in [5.74, 6) is -3.81. The number of aromatic nitrogens is 2. The number of carbonyl (C=O) groups excluding carboxylic acids is 3. The summed E-state index contributed by atoms with van der Waals surface area (Å²) in [5, 5.41) is 0. The molecule has 1 amide bonds. The van der Waals surface area contributed by atoms with E-state index in [9.17, 15) is 18.8 Å². The maximum absolute atomic E-state index is 13.3. The molecule has 1 aromatic carbocycles. The Bertz CT molecular complexity index is 1060. The number of carbonyl (C=O) groups is 3. The number of hydrogen-bond acceptors (Lipinski definition) is 5. The molecule has 0 spiro atoms. The predicted molar refractivity (Wildman–Crippen MR) is 101 cm³/mol. The molecular weight excluding hydrogens is 373 g/mol. The SMILES string of the molecule is O=C1C(=O)N(Cc2cccnc2)C(c2ccccn2)C1C(=O)c1ccc(F)cc1. The van der Waals surface area contributed by atoms with Crippen molar-refractivity contribution in [2.75, 3.05) is 0 Å². The normalized spacial score (nSPS) is 18.9. The molecule has 29 heavy (non-hydrogen) atoms. The summed E-state index contributed by atoms with van der Waals surface area (Å²) < 4.78 is 13.3. The number of ketones is 2. The van der Waals surface area contributed by atoms with Gasteiger partial charge in [-0.15, -0.1) is 0 Å². The van der Waals surface area contributed by atoms with Gasteiger partial charge in [0.15, 0.2) is 5.78 Å². The van der Waals surface area contributed by atoms with Crippen molar-refractivity contribution in [3.05, 3.63) is 95.8 Å². The highest BCUT2D eigenvalue weighted by Gasteiger charge is 2.52. The van der Waals surface area contributed by atoms with E-state index in [1.165, 1.54) is 17.0 Å². The van der Waals surface area contributed by atoms with Gasteiger partial charge in [-0.2, -0.15) is 0 Å². The number of rotatable bonds is 5. The maximum atomic E-state index is 13.3. The van der Waals surface area contributed by atoms with Gasteiger partial charge >= 0.3 is 0 Å². The van der Waals surface area contributed by atoms with Crippen LogP contribution in [0.4, 0.5) is 4.39 Å². The number of halogens is 1. The second-order valence-corrected chi connectivity index (χ2v) is 6.71. The Morgan fingerprint density at radius 1 is 1.00 bits per heavy atom. The zero-order chi connectivity index (χ0) is 20.4. The van der Waals surface area contributed by atoms with E-state index in [2.05, 4.69) is 9.97 Å². The summed E-state index contributed by atoms with van der Waals surface area (Å²) in [6.07, 6.45) is 4.75. The van der Waals surface area contributed by atoms with E-state index in [0.717, 1.165) is 17.7 Å². The second-order valence-electron chi connectivity index (χ2n) is 6.71. The lowest BCUT2D eigenvalue weighted by Gasteiger charge is -2.26. The van der Waals surface area contributed by atoms with Crippen molar-refractivity contribution >= 4 is 17.5 Å². The molecule has 2 atom stereocenters. The maximum Gasteiger partial charge on any atom is 0.291 e. The molecule has 4 rings (SSSR count). The molecule has 3 heterocycles. The number of benzene rings is 1. The first-order chi connectivity index (χ1) is 14.1. The minimum absolute atomic E-state index is 0.118. The Morgan fingerprint density at radius 3 is 2.45 bits per heavy atom. The minimum Gasteiger partial charge on any atom is -0.322 e. The third-order valence-electron chi connectivity index (χ3n) is 4.88. The molecule has 0 aliphatic carbocycles. The van der Waals surface area contributed by atoms with Gasteiger partial charge in [-0.3, -0.25) is 24.4 Å². The standard InChI is InChI=1S/C22H16FN3O3/c23-16-8-6-15(7-9-16)20(27)18-19(17-5-1-2-11-25-17)26(22(29)21(18)28)13-14-4-3-10-24-12-14/h1-12,18-19H,13H2. The first-order valence-electron chi connectivity index (χ1n) is 9.00. The third kappa shape index (κ3) is 3.54. The van der Waals surface area contributed by atoms with Crippen LogP contribution in [0.2, 0.25) is 0 Å². The largest absolute Gasteiger partial charge is 0.322 e. The second kappa shape index (κ2) is 7.71. The van der Waals surface area contributed by atoms with E-state index < -0.39 is 35.3 Å². The summed E-state index contributed by atoms with van der Waals surface area (Å²) >= 11 is 0. The van der Waals surface area contributed by atoms with Crippen molar-refractivity contribution in [2.24, 2.45) is 5.92 Å². The van der Waals surface area contributed by atoms with E-state index in [1.807, 2.05) is 0 Å². The fraction of sp³-hybridized carbons (Fsp3) is 0.136. The highest BCUT2D eigenvalue weighted by molar-refractivity contribution is 6.43. The van der Waals surface area contributed by atoms with Crippen molar-refractivity contribution in [1.29, 1.82) is 0 Å². The molecule has 0 radical (unpaired) electrons. The molecule has 0 saturated carbocycles. The van der Waals surface area contributed by atoms with Crippen LogP contribution >= 0.6 is 0 Å². The Hall–Kier alpha value is -3.74. The van der Waals surface area contributed by atoms with E-state index >= 15 is 0 Å². The average molecular weight is 389 g/mol. The highest BCUT2D eigenvalue weighted by atomic mass is 19.1. The highest BCUT2D eigenvalue weighted by Crippen LogP contribution is 2.38. The first kappa shape index (κ1) is 18.6. The van der Waals surface area contributed by atoms with Crippen molar-refractivity contribution < 1.29 is 18.8 Å². The Kier molecular flexibility index (Phi) is 4.95. The van der Waals surface area contributed by atoms with Gasteiger partial charge in [0.25, 0.3) is 5.91 Å². The molecule has 3 aromatic rings. The molecule has 1 aliphatic rings. The third-order valence-corrected chi connectivity index (χ3v) is 4.88. The van der Waals surface area contributed by atoms with Gasteiger partial charge in [0.1, 0.15) is 11.7 Å². The van der Waals surface area contributed by atoms with Crippen LogP contribution in [0.1, 0.15) is 27.7 Å². The lowest BCUT2D eigenvalue weighted by molar-refractivity contribution is -0.141. The van der Waals surface area contributed by atoms with Gasteiger partial charge in [-0.25, -0.2) is 4.39 Å². The number of nitrogens with zero attached hydrogens (tertiary/aromatic N) is 3. The molecule has 2 unspecified atom stereocenters. The van der Waals surface area contributed by atoms with Crippen molar-refractivity contribution in [3.8, 4) is 0 Å². The monoisotopic (exact) mass is 389 g/mol. The van der Waals surface area contributed by atoms with Gasteiger partial charge in [-0.05, 0) is 48.0 Å². The van der Waals surface area contributed by atoms with E-state index in [4.69, 9.17) is 0 Å². The fourth-order valence-corrected chi connectivity index (χ4v) is 3.52. The molecule has 1 saturated heterocycles. The quantitative estimate of drug-likeness (QED) is 0.381. The summed E-state index contributed by atoms with van der Waals surface area (Å²) in [7, 11) is 0. The lowest BCUT2D eigenvalue weighted by Crippen LogP contribution is -2.31. The minimum atomic E-state index is -1.25. The van der Waals surface area contributed by atoms with Crippen LogP contribution in [-0.4, -0.2) is 32.3 Å². The number of amides is 1. The van der Waals surface area contributed by atoms with Gasteiger partial charge in [0.2, 0.25) is 5.78 Å². The summed E-state index contributed by atoms with van der Waals surface area (Å²) in [4.78, 5) is 48.5. The number of hydrogen-bond donors (Lipinski definition) is 0. The summed E-state index contributed by atoms with van der Waals surface area (Å²) in [5.41, 5.74) is 1.34. The average Bonchev–Trinajstić information content (AvgIpc) is 3.00. The van der Waals surface area contributed by atoms with Gasteiger partial charge in [0, 0.05) is 30.7 Å². The van der Waals surface area contributed by atoms with Crippen molar-refractivity contribution in [3.63, 3.8) is 0 Å². The van der Waals surface area contributed by atoms with Gasteiger partial charge in [-0.1, -0.05) is 12.1 Å². The van der Waals surface area contributed by atoms with Crippen LogP contribution in [0.25, 0.3) is 0 Å². The number of likely N-dealkylation sites (tertiary alicyclic amines) is 1. The molecule has 2 aromatic heterocycles. The Morgan fingerprint density at radius 2 is 1.79 bits per heavy atom. The molecule has 144 valence electrons.